The first-order valence-corrected chi connectivity index (χ1v) is 3.50. The average Bonchev–Trinajstić information content (AvgIpc) is 2.67. The van der Waals surface area contributed by atoms with E-state index in [1.54, 1.807) is 0 Å². The van der Waals surface area contributed by atoms with Gasteiger partial charge in [0.2, 0.25) is 5.88 Å². The largest absolute Gasteiger partial charge is 0.367 e. The summed E-state index contributed by atoms with van der Waals surface area (Å²) in [7, 11) is 0. The van der Waals surface area contributed by atoms with Crippen LogP contribution < -0.4 is 5.73 Å². The van der Waals surface area contributed by atoms with Crippen LogP contribution in [0.1, 0.15) is 30.0 Å². The monoisotopic (exact) mass is 138 g/mol. The number of nitrogens with two attached hydrogens (primary N) is 1. The van der Waals surface area contributed by atoms with E-state index in [-0.39, 0.29) is 0 Å². The zero-order chi connectivity index (χ0) is 7.14. The summed E-state index contributed by atoms with van der Waals surface area (Å²) in [6, 6.07) is 0. The Morgan fingerprint density at radius 2 is 2.30 bits per heavy atom. The lowest BCUT2D eigenvalue weighted by molar-refractivity contribution is 0.427. The Morgan fingerprint density at radius 1 is 1.60 bits per heavy atom. The summed E-state index contributed by atoms with van der Waals surface area (Å²) >= 11 is 0. The summed E-state index contributed by atoms with van der Waals surface area (Å²) in [5, 5.41) is 3.88. The molecule has 0 unspecified atom stereocenters. The molecule has 2 N–H and O–H groups in total. The molecule has 1 aromatic heterocycles. The highest BCUT2D eigenvalue weighted by molar-refractivity contribution is 5.40. The van der Waals surface area contributed by atoms with Crippen LogP contribution in [-0.4, -0.2) is 5.16 Å². The van der Waals surface area contributed by atoms with Crippen molar-refractivity contribution in [1.29, 1.82) is 0 Å². The minimum absolute atomic E-state index is 0.474. The quantitative estimate of drug-likeness (QED) is 0.638. The van der Waals surface area contributed by atoms with Gasteiger partial charge in [0.05, 0.1) is 5.69 Å². The van der Waals surface area contributed by atoms with Crippen LogP contribution in [0.5, 0.6) is 0 Å². The maximum absolute atomic E-state index is 5.48. The van der Waals surface area contributed by atoms with Crippen LogP contribution in [-0.2, 0) is 0 Å². The van der Waals surface area contributed by atoms with Gasteiger partial charge in [0.1, 0.15) is 0 Å². The van der Waals surface area contributed by atoms with Crippen LogP contribution in [0.4, 0.5) is 5.88 Å². The molecule has 0 radical (unpaired) electrons. The molecule has 1 aromatic rings. The van der Waals surface area contributed by atoms with Crippen molar-refractivity contribution in [3.8, 4) is 0 Å². The molecule has 1 aliphatic carbocycles. The van der Waals surface area contributed by atoms with E-state index in [0.29, 0.717) is 11.8 Å². The molecular formula is C7H10N2O. The fourth-order valence-corrected chi connectivity index (χ4v) is 1.10. The van der Waals surface area contributed by atoms with Crippen LogP contribution in [0.15, 0.2) is 4.52 Å². The molecular weight excluding hydrogens is 128 g/mol. The van der Waals surface area contributed by atoms with Gasteiger partial charge in [-0.3, -0.25) is 0 Å². The lowest BCUT2D eigenvalue weighted by atomic mass is 10.2. The van der Waals surface area contributed by atoms with Crippen molar-refractivity contribution in [3.63, 3.8) is 0 Å². The van der Waals surface area contributed by atoms with Gasteiger partial charge in [-0.15, -0.1) is 0 Å². The van der Waals surface area contributed by atoms with E-state index >= 15 is 0 Å². The standard InChI is InChI=1S/C7H10N2O/c1-4-6(5-2-3-5)9-10-7(4)8/h5H,2-3,8H2,1H3. The number of nitrogen functional groups attached to an aromatic ring is 1. The SMILES string of the molecule is Cc1c(C2CC2)noc1N. The molecule has 0 aliphatic heterocycles. The van der Waals surface area contributed by atoms with Crippen LogP contribution in [0.25, 0.3) is 0 Å². The maximum Gasteiger partial charge on any atom is 0.225 e. The molecule has 1 saturated carbocycles. The molecule has 0 amide bonds. The van der Waals surface area contributed by atoms with E-state index in [1.165, 1.54) is 12.8 Å². The molecule has 3 heteroatoms. The lowest BCUT2D eigenvalue weighted by Gasteiger charge is -1.87. The third-order valence-corrected chi connectivity index (χ3v) is 1.96. The third kappa shape index (κ3) is 0.701. The van der Waals surface area contributed by atoms with Gasteiger partial charge < -0.3 is 10.3 Å². The van der Waals surface area contributed by atoms with Crippen LogP contribution in [0.2, 0.25) is 0 Å². The first-order chi connectivity index (χ1) is 4.79. The van der Waals surface area contributed by atoms with E-state index in [2.05, 4.69) is 5.16 Å². The number of rotatable bonds is 1. The van der Waals surface area contributed by atoms with Crippen LogP contribution in [0.3, 0.4) is 0 Å². The van der Waals surface area contributed by atoms with Gasteiger partial charge in [0, 0.05) is 11.5 Å². The smallest absolute Gasteiger partial charge is 0.225 e. The van der Waals surface area contributed by atoms with Crippen LogP contribution >= 0.6 is 0 Å². The summed E-state index contributed by atoms with van der Waals surface area (Å²) in [5.74, 6) is 1.11. The number of hydrogen-bond acceptors (Lipinski definition) is 3. The molecule has 1 fully saturated rings. The maximum atomic E-state index is 5.48. The average molecular weight is 138 g/mol. The Morgan fingerprint density at radius 3 is 2.70 bits per heavy atom. The Kier molecular flexibility index (Phi) is 1.01. The molecule has 1 aliphatic rings. The molecule has 0 spiro atoms. The van der Waals surface area contributed by atoms with E-state index in [9.17, 15) is 0 Å². The molecule has 0 aromatic carbocycles. The third-order valence-electron chi connectivity index (χ3n) is 1.96. The highest BCUT2D eigenvalue weighted by Gasteiger charge is 2.29. The number of aromatic nitrogens is 1. The minimum Gasteiger partial charge on any atom is -0.367 e. The van der Waals surface area contributed by atoms with Gasteiger partial charge in [-0.1, -0.05) is 5.16 Å². The topological polar surface area (TPSA) is 52.0 Å². The Labute approximate surface area is 59.2 Å². The summed E-state index contributed by atoms with van der Waals surface area (Å²) in [6.07, 6.45) is 2.49. The van der Waals surface area contributed by atoms with Gasteiger partial charge in [-0.05, 0) is 19.8 Å². The van der Waals surface area contributed by atoms with Gasteiger partial charge >= 0.3 is 0 Å². The summed E-state index contributed by atoms with van der Waals surface area (Å²) in [5.41, 5.74) is 7.57. The summed E-state index contributed by atoms with van der Waals surface area (Å²) < 4.78 is 4.82. The lowest BCUT2D eigenvalue weighted by Crippen LogP contribution is -1.85. The number of nitrogens with zero attached hydrogens (tertiary/aromatic N) is 1. The second-order valence-corrected chi connectivity index (χ2v) is 2.83. The molecule has 0 saturated heterocycles. The molecule has 2 rings (SSSR count). The van der Waals surface area contributed by atoms with Crippen molar-refractivity contribution in [2.24, 2.45) is 0 Å². The van der Waals surface area contributed by atoms with E-state index in [0.717, 1.165) is 11.3 Å². The fraction of sp³-hybridized carbons (Fsp3) is 0.571. The predicted molar refractivity (Wildman–Crippen MR) is 37.6 cm³/mol. The molecule has 0 atom stereocenters. The van der Waals surface area contributed by atoms with Crippen molar-refractivity contribution in [1.82, 2.24) is 5.16 Å². The second-order valence-electron chi connectivity index (χ2n) is 2.83. The van der Waals surface area contributed by atoms with Crippen LogP contribution in [0, 0.1) is 6.92 Å². The molecule has 3 nitrogen and oxygen atoms in total. The Bertz CT molecular complexity index is 250. The van der Waals surface area contributed by atoms with Crippen molar-refractivity contribution in [3.05, 3.63) is 11.3 Å². The molecule has 54 valence electrons. The van der Waals surface area contributed by atoms with E-state index < -0.39 is 0 Å². The normalized spacial score (nSPS) is 17.7. The predicted octanol–water partition coefficient (Wildman–Crippen LogP) is 1.44. The zero-order valence-corrected chi connectivity index (χ0v) is 5.92. The first-order valence-electron chi connectivity index (χ1n) is 3.50. The van der Waals surface area contributed by atoms with Crippen molar-refractivity contribution in [2.75, 3.05) is 5.73 Å². The summed E-state index contributed by atoms with van der Waals surface area (Å²) in [6.45, 7) is 1.96. The molecule has 10 heavy (non-hydrogen) atoms. The van der Waals surface area contributed by atoms with Gasteiger partial charge in [0.15, 0.2) is 0 Å². The van der Waals surface area contributed by atoms with E-state index in [4.69, 9.17) is 10.3 Å². The van der Waals surface area contributed by atoms with Crippen molar-refractivity contribution < 1.29 is 4.52 Å². The highest BCUT2D eigenvalue weighted by atomic mass is 16.5. The number of hydrogen-bond donors (Lipinski definition) is 1. The molecule has 1 heterocycles. The summed E-state index contributed by atoms with van der Waals surface area (Å²) in [4.78, 5) is 0. The van der Waals surface area contributed by atoms with Crippen molar-refractivity contribution in [2.45, 2.75) is 25.7 Å². The van der Waals surface area contributed by atoms with Gasteiger partial charge in [0.25, 0.3) is 0 Å². The Hall–Kier alpha value is -0.990. The van der Waals surface area contributed by atoms with Gasteiger partial charge in [-0.2, -0.15) is 0 Å². The Balaban J connectivity index is 2.40. The molecule has 0 bridgehead atoms. The second kappa shape index (κ2) is 1.75. The zero-order valence-electron chi connectivity index (χ0n) is 5.92. The van der Waals surface area contributed by atoms with Gasteiger partial charge in [-0.25, -0.2) is 0 Å². The number of anilines is 1. The minimum atomic E-state index is 0.474. The first kappa shape index (κ1) is 5.77. The fourth-order valence-electron chi connectivity index (χ4n) is 1.10. The highest BCUT2D eigenvalue weighted by Crippen LogP contribution is 2.41. The van der Waals surface area contributed by atoms with Crippen molar-refractivity contribution >= 4 is 5.88 Å². The van der Waals surface area contributed by atoms with E-state index in [1.807, 2.05) is 6.92 Å².